The minimum Gasteiger partial charge on any atom is -0.461 e. The second-order valence-electron chi connectivity index (χ2n) is 10.3. The second kappa shape index (κ2) is 11.6. The lowest BCUT2D eigenvalue weighted by atomic mass is 10.0. The number of nitrogens with zero attached hydrogens (tertiary/aromatic N) is 3. The van der Waals surface area contributed by atoms with Crippen LogP contribution in [0.25, 0.3) is 11.3 Å². The summed E-state index contributed by atoms with van der Waals surface area (Å²) in [6, 6.07) is 8.10. The molecule has 5 rings (SSSR count). The number of likely N-dealkylation sites (tertiary alicyclic amines) is 1. The third kappa shape index (κ3) is 6.19. The Kier molecular flexibility index (Phi) is 7.98. The lowest BCUT2D eigenvalue weighted by Gasteiger charge is -2.22. The fourth-order valence-electron chi connectivity index (χ4n) is 5.06. The number of amides is 2. The number of ether oxygens (including phenoxy) is 2. The molecule has 0 radical (unpaired) electrons. The van der Waals surface area contributed by atoms with E-state index in [1.54, 1.807) is 25.0 Å². The van der Waals surface area contributed by atoms with E-state index >= 15 is 0 Å². The Labute approximate surface area is 236 Å². The first-order valence-corrected chi connectivity index (χ1v) is 13.3. The number of nitrogens with one attached hydrogen (secondary N) is 1. The van der Waals surface area contributed by atoms with Crippen LogP contribution in [0.3, 0.4) is 0 Å². The maximum Gasteiger partial charge on any atom is 0.318 e. The molecule has 2 amide bonds. The van der Waals surface area contributed by atoms with E-state index in [1.807, 2.05) is 0 Å². The maximum absolute atomic E-state index is 14.8. The van der Waals surface area contributed by atoms with Crippen molar-refractivity contribution >= 4 is 23.3 Å². The van der Waals surface area contributed by atoms with Crippen molar-refractivity contribution in [1.82, 2.24) is 14.9 Å². The summed E-state index contributed by atoms with van der Waals surface area (Å²) >= 11 is 0. The van der Waals surface area contributed by atoms with Crippen molar-refractivity contribution in [2.75, 3.05) is 31.3 Å². The van der Waals surface area contributed by atoms with Crippen molar-refractivity contribution in [2.45, 2.75) is 44.2 Å². The number of hydrogen-bond acceptors (Lipinski definition) is 7. The molecule has 11 heteroatoms. The SMILES string of the molecule is C=CC(=O)N1C[C@@H](OC)C[C@H]1COc1nc(N)cc(-c2cc(F)cc(NC(=O)c3ccc(C4CC4)cc3F)c2C)n1. The van der Waals surface area contributed by atoms with Crippen LogP contribution in [0.2, 0.25) is 0 Å². The number of benzene rings is 2. The zero-order valence-electron chi connectivity index (χ0n) is 22.8. The quantitative estimate of drug-likeness (QED) is 0.365. The fraction of sp³-hybridized carbons (Fsp3) is 0.333. The number of carbonyl (C=O) groups excluding carboxylic acids is 2. The minimum atomic E-state index is -0.694. The van der Waals surface area contributed by atoms with Gasteiger partial charge in [-0.25, -0.2) is 8.78 Å². The van der Waals surface area contributed by atoms with Crippen LogP contribution in [-0.4, -0.2) is 59.1 Å². The van der Waals surface area contributed by atoms with Crippen LogP contribution in [0.4, 0.5) is 20.3 Å². The predicted molar refractivity (Wildman–Crippen MR) is 150 cm³/mol. The Hall–Kier alpha value is -4.38. The molecule has 1 aromatic heterocycles. The van der Waals surface area contributed by atoms with Crippen LogP contribution in [0.1, 0.15) is 46.7 Å². The summed E-state index contributed by atoms with van der Waals surface area (Å²) in [6.45, 7) is 5.72. The van der Waals surface area contributed by atoms with E-state index in [4.69, 9.17) is 15.2 Å². The minimum absolute atomic E-state index is 0.0565. The highest BCUT2D eigenvalue weighted by atomic mass is 19.1. The number of aromatic nitrogens is 2. The van der Waals surface area contributed by atoms with E-state index in [0.717, 1.165) is 24.5 Å². The van der Waals surface area contributed by atoms with Gasteiger partial charge < -0.3 is 25.4 Å². The van der Waals surface area contributed by atoms with Gasteiger partial charge >= 0.3 is 6.01 Å². The van der Waals surface area contributed by atoms with E-state index in [0.29, 0.717) is 30.0 Å². The van der Waals surface area contributed by atoms with Crippen molar-refractivity contribution in [2.24, 2.45) is 0 Å². The summed E-state index contributed by atoms with van der Waals surface area (Å²) in [7, 11) is 1.58. The zero-order chi connectivity index (χ0) is 29.3. The standard InChI is InChI=1S/C30H31F2N5O4/c1-4-28(38)37-14-21(40-3)12-20(37)15-41-30-35-26(13-27(33)36-30)23-10-19(31)11-25(16(23)2)34-29(39)22-8-7-18(9-24(22)32)17-5-6-17/h4,7-11,13,17,20-21H,1,5-6,12,14-15H2,2-3H3,(H,34,39)(H2,33,35,36)/t20-,21-/m0/s1. The van der Waals surface area contributed by atoms with Crippen molar-refractivity contribution in [1.29, 1.82) is 0 Å². The molecule has 214 valence electrons. The number of hydrogen-bond donors (Lipinski definition) is 2. The highest BCUT2D eigenvalue weighted by Crippen LogP contribution is 2.40. The molecule has 0 unspecified atom stereocenters. The molecule has 0 spiro atoms. The molecule has 3 aromatic rings. The van der Waals surface area contributed by atoms with E-state index in [-0.39, 0.29) is 53.4 Å². The van der Waals surface area contributed by atoms with Crippen LogP contribution in [0, 0.1) is 18.6 Å². The van der Waals surface area contributed by atoms with Gasteiger partial charge in [0, 0.05) is 31.0 Å². The summed E-state index contributed by atoms with van der Waals surface area (Å²) in [5, 5.41) is 2.62. The first-order valence-electron chi connectivity index (χ1n) is 13.3. The molecule has 1 saturated heterocycles. The van der Waals surface area contributed by atoms with Crippen LogP contribution in [-0.2, 0) is 9.53 Å². The lowest BCUT2D eigenvalue weighted by molar-refractivity contribution is -0.127. The zero-order valence-corrected chi connectivity index (χ0v) is 22.8. The monoisotopic (exact) mass is 563 g/mol. The molecular formula is C30H31F2N5O4. The van der Waals surface area contributed by atoms with Gasteiger partial charge in [0.15, 0.2) is 0 Å². The van der Waals surface area contributed by atoms with Gasteiger partial charge in [-0.15, -0.1) is 0 Å². The second-order valence-corrected chi connectivity index (χ2v) is 10.3. The fourth-order valence-corrected chi connectivity index (χ4v) is 5.06. The first-order chi connectivity index (χ1) is 19.7. The molecule has 3 N–H and O–H groups in total. The lowest BCUT2D eigenvalue weighted by Crippen LogP contribution is -2.38. The van der Waals surface area contributed by atoms with Gasteiger partial charge in [0.05, 0.1) is 23.4 Å². The van der Waals surface area contributed by atoms with Gasteiger partial charge in [-0.1, -0.05) is 12.6 Å². The van der Waals surface area contributed by atoms with Gasteiger partial charge in [-0.05, 0) is 73.6 Å². The van der Waals surface area contributed by atoms with E-state index in [2.05, 4.69) is 21.9 Å². The van der Waals surface area contributed by atoms with Crippen LogP contribution >= 0.6 is 0 Å². The highest BCUT2D eigenvalue weighted by Gasteiger charge is 2.35. The highest BCUT2D eigenvalue weighted by molar-refractivity contribution is 6.05. The summed E-state index contributed by atoms with van der Waals surface area (Å²) in [5.74, 6) is -1.77. The molecule has 2 aliphatic rings. The normalized spacial score (nSPS) is 18.3. The van der Waals surface area contributed by atoms with Crippen LogP contribution in [0.15, 0.2) is 49.1 Å². The molecule has 1 aliphatic carbocycles. The van der Waals surface area contributed by atoms with Crippen molar-refractivity contribution in [3.63, 3.8) is 0 Å². The van der Waals surface area contributed by atoms with E-state index in [1.165, 1.54) is 30.3 Å². The van der Waals surface area contributed by atoms with E-state index in [9.17, 15) is 18.4 Å². The predicted octanol–water partition coefficient (Wildman–Crippen LogP) is 4.62. The largest absolute Gasteiger partial charge is 0.461 e. The Bertz CT molecular complexity index is 1510. The van der Waals surface area contributed by atoms with Gasteiger partial charge in [-0.2, -0.15) is 9.97 Å². The van der Waals surface area contributed by atoms with Crippen LogP contribution in [0.5, 0.6) is 6.01 Å². The number of anilines is 2. The van der Waals surface area contributed by atoms with Gasteiger partial charge in [0.25, 0.3) is 5.91 Å². The molecule has 2 heterocycles. The number of rotatable bonds is 9. The number of carbonyl (C=O) groups is 2. The molecular weight excluding hydrogens is 532 g/mol. The Morgan fingerprint density at radius 3 is 2.66 bits per heavy atom. The van der Waals surface area contributed by atoms with Crippen LogP contribution < -0.4 is 15.8 Å². The third-order valence-corrected chi connectivity index (χ3v) is 7.48. The Morgan fingerprint density at radius 2 is 1.98 bits per heavy atom. The Morgan fingerprint density at radius 1 is 1.20 bits per heavy atom. The maximum atomic E-state index is 14.8. The number of halogens is 2. The molecule has 2 atom stereocenters. The molecule has 2 aromatic carbocycles. The van der Waals surface area contributed by atoms with Gasteiger partial charge in [0.1, 0.15) is 24.1 Å². The smallest absolute Gasteiger partial charge is 0.318 e. The van der Waals surface area contributed by atoms with Crippen molar-refractivity contribution in [3.8, 4) is 17.3 Å². The number of methoxy groups -OCH3 is 1. The van der Waals surface area contributed by atoms with Crippen molar-refractivity contribution in [3.05, 3.63) is 77.4 Å². The molecule has 1 aliphatic heterocycles. The average Bonchev–Trinajstić information content (AvgIpc) is 3.72. The molecule has 41 heavy (non-hydrogen) atoms. The summed E-state index contributed by atoms with van der Waals surface area (Å²) in [4.78, 5) is 35.4. The number of nitrogen functional groups attached to an aromatic ring is 1. The topological polar surface area (TPSA) is 120 Å². The molecule has 2 fully saturated rings. The number of nitrogens with two attached hydrogens (primary N) is 1. The van der Waals surface area contributed by atoms with Crippen molar-refractivity contribution < 1.29 is 27.8 Å². The third-order valence-electron chi connectivity index (χ3n) is 7.48. The molecule has 0 bridgehead atoms. The molecule has 9 nitrogen and oxygen atoms in total. The van der Waals surface area contributed by atoms with E-state index < -0.39 is 17.5 Å². The first kappa shape index (κ1) is 28.2. The average molecular weight is 564 g/mol. The summed E-state index contributed by atoms with van der Waals surface area (Å²) in [5.41, 5.74) is 8.01. The van der Waals surface area contributed by atoms with Gasteiger partial charge in [-0.3, -0.25) is 9.59 Å². The Balaban J connectivity index is 1.36. The summed E-state index contributed by atoms with van der Waals surface area (Å²) < 4.78 is 40.7. The van der Waals surface area contributed by atoms with Gasteiger partial charge in [0.2, 0.25) is 5.91 Å². The molecule has 1 saturated carbocycles. The summed E-state index contributed by atoms with van der Waals surface area (Å²) in [6.07, 6.45) is 3.68.